The highest BCUT2D eigenvalue weighted by atomic mass is 15.3. The second kappa shape index (κ2) is 7.40. The molecule has 1 aromatic heterocycles. The Hall–Kier alpha value is -2.14. The number of piperazine rings is 1. The lowest BCUT2D eigenvalue weighted by molar-refractivity contribution is 0.311. The fourth-order valence-corrected chi connectivity index (χ4v) is 3.66. The Bertz CT molecular complexity index is 708. The normalized spacial score (nSPS) is 18.0. The van der Waals surface area contributed by atoms with Gasteiger partial charge in [-0.2, -0.15) is 4.98 Å². The molecule has 0 radical (unpaired) electrons. The summed E-state index contributed by atoms with van der Waals surface area (Å²) in [5, 5.41) is 3.59. The van der Waals surface area contributed by atoms with E-state index in [1.165, 1.54) is 29.7 Å². The highest BCUT2D eigenvalue weighted by molar-refractivity contribution is 5.52. The first kappa shape index (κ1) is 16.3. The van der Waals surface area contributed by atoms with Crippen LogP contribution >= 0.6 is 0 Å². The molecule has 1 N–H and O–H groups in total. The smallest absolute Gasteiger partial charge is 0.227 e. The van der Waals surface area contributed by atoms with Gasteiger partial charge >= 0.3 is 0 Å². The maximum absolute atomic E-state index is 4.93. The molecule has 5 nitrogen and oxygen atoms in total. The predicted octanol–water partition coefficient (Wildman–Crippen LogP) is 2.72. The number of likely N-dealkylation sites (N-methyl/N-ethyl adjacent to an activating group) is 1. The van der Waals surface area contributed by atoms with E-state index in [-0.39, 0.29) is 0 Å². The van der Waals surface area contributed by atoms with E-state index in [9.17, 15) is 0 Å². The summed E-state index contributed by atoms with van der Waals surface area (Å²) in [5.74, 6) is 1.95. The highest BCUT2D eigenvalue weighted by Gasteiger charge is 2.22. The van der Waals surface area contributed by atoms with Crippen molar-refractivity contribution < 1.29 is 0 Å². The molecule has 0 unspecified atom stereocenters. The van der Waals surface area contributed by atoms with Crippen molar-refractivity contribution in [2.45, 2.75) is 32.2 Å². The van der Waals surface area contributed by atoms with Crippen LogP contribution in [0.4, 0.5) is 11.8 Å². The molecule has 132 valence electrons. The van der Waals surface area contributed by atoms with Crippen molar-refractivity contribution in [3.05, 3.63) is 47.2 Å². The average molecular weight is 337 g/mol. The zero-order valence-corrected chi connectivity index (χ0v) is 15.0. The van der Waals surface area contributed by atoms with Gasteiger partial charge in [0.25, 0.3) is 0 Å². The summed E-state index contributed by atoms with van der Waals surface area (Å²) >= 11 is 0. The molecule has 2 aliphatic rings. The fraction of sp³-hybridized carbons (Fsp3) is 0.500. The van der Waals surface area contributed by atoms with Gasteiger partial charge < -0.3 is 15.1 Å². The summed E-state index contributed by atoms with van der Waals surface area (Å²) in [5.41, 5.74) is 3.87. The molecular formula is C20H27N5. The summed E-state index contributed by atoms with van der Waals surface area (Å²) < 4.78 is 0. The topological polar surface area (TPSA) is 44.3 Å². The SMILES string of the molecule is CN1CCN(c2nc3c(c(NCc4ccccc4)n2)CCCC3)CC1. The first-order valence-corrected chi connectivity index (χ1v) is 9.41. The molecule has 25 heavy (non-hydrogen) atoms. The predicted molar refractivity (Wildman–Crippen MR) is 102 cm³/mol. The Morgan fingerprint density at radius 2 is 1.72 bits per heavy atom. The molecule has 0 saturated carbocycles. The van der Waals surface area contributed by atoms with E-state index in [0.717, 1.165) is 57.3 Å². The zero-order chi connectivity index (χ0) is 17.1. The molecule has 0 bridgehead atoms. The van der Waals surface area contributed by atoms with Crippen LogP contribution in [-0.2, 0) is 19.4 Å². The van der Waals surface area contributed by atoms with Gasteiger partial charge in [-0.1, -0.05) is 30.3 Å². The number of benzene rings is 1. The minimum Gasteiger partial charge on any atom is -0.366 e. The number of nitrogens with zero attached hydrogens (tertiary/aromatic N) is 4. The molecule has 1 fully saturated rings. The Kier molecular flexibility index (Phi) is 4.83. The maximum atomic E-state index is 4.93. The van der Waals surface area contributed by atoms with Gasteiger partial charge in [0.15, 0.2) is 0 Å². The van der Waals surface area contributed by atoms with Gasteiger partial charge in [-0.3, -0.25) is 0 Å². The molecule has 0 amide bonds. The Labute approximate surface area is 150 Å². The molecule has 1 saturated heterocycles. The van der Waals surface area contributed by atoms with Gasteiger partial charge in [-0.05, 0) is 38.3 Å². The van der Waals surface area contributed by atoms with Gasteiger partial charge in [-0.15, -0.1) is 0 Å². The number of anilines is 2. The van der Waals surface area contributed by atoms with Crippen molar-refractivity contribution in [1.29, 1.82) is 0 Å². The second-order valence-corrected chi connectivity index (χ2v) is 7.13. The quantitative estimate of drug-likeness (QED) is 0.929. The van der Waals surface area contributed by atoms with E-state index in [1.807, 2.05) is 0 Å². The largest absolute Gasteiger partial charge is 0.366 e. The monoisotopic (exact) mass is 337 g/mol. The lowest BCUT2D eigenvalue weighted by Crippen LogP contribution is -2.45. The van der Waals surface area contributed by atoms with E-state index in [1.54, 1.807) is 0 Å². The Morgan fingerprint density at radius 3 is 2.52 bits per heavy atom. The van der Waals surface area contributed by atoms with E-state index in [2.05, 4.69) is 52.5 Å². The lowest BCUT2D eigenvalue weighted by Gasteiger charge is -2.33. The molecule has 1 aromatic carbocycles. The summed E-state index contributed by atoms with van der Waals surface area (Å²) in [4.78, 5) is 14.6. The number of fused-ring (bicyclic) bond motifs is 1. The molecule has 0 spiro atoms. The summed E-state index contributed by atoms with van der Waals surface area (Å²) in [6, 6.07) is 10.5. The first-order valence-electron chi connectivity index (χ1n) is 9.41. The molecule has 4 rings (SSSR count). The number of aryl methyl sites for hydroxylation is 1. The average Bonchev–Trinajstić information content (AvgIpc) is 2.67. The Balaban J connectivity index is 1.58. The van der Waals surface area contributed by atoms with Crippen LogP contribution in [0.5, 0.6) is 0 Å². The van der Waals surface area contributed by atoms with Crippen molar-refractivity contribution in [3.63, 3.8) is 0 Å². The highest BCUT2D eigenvalue weighted by Crippen LogP contribution is 2.28. The van der Waals surface area contributed by atoms with Crippen molar-refractivity contribution in [3.8, 4) is 0 Å². The second-order valence-electron chi connectivity index (χ2n) is 7.13. The third-order valence-corrected chi connectivity index (χ3v) is 5.26. The van der Waals surface area contributed by atoms with Gasteiger partial charge in [0.05, 0.1) is 5.69 Å². The number of rotatable bonds is 4. The van der Waals surface area contributed by atoms with Crippen LogP contribution in [0.1, 0.15) is 29.7 Å². The van der Waals surface area contributed by atoms with E-state index >= 15 is 0 Å². The van der Waals surface area contributed by atoms with E-state index < -0.39 is 0 Å². The number of nitrogens with one attached hydrogen (secondary N) is 1. The lowest BCUT2D eigenvalue weighted by atomic mass is 9.96. The van der Waals surface area contributed by atoms with Gasteiger partial charge in [0, 0.05) is 38.3 Å². The summed E-state index contributed by atoms with van der Waals surface area (Å²) in [6.45, 7) is 4.98. The molecule has 2 aromatic rings. The van der Waals surface area contributed by atoms with Gasteiger partial charge in [0.2, 0.25) is 5.95 Å². The molecule has 0 atom stereocenters. The zero-order valence-electron chi connectivity index (χ0n) is 15.0. The van der Waals surface area contributed by atoms with E-state index in [4.69, 9.17) is 9.97 Å². The van der Waals surface area contributed by atoms with Crippen LogP contribution in [-0.4, -0.2) is 48.1 Å². The van der Waals surface area contributed by atoms with Crippen molar-refractivity contribution >= 4 is 11.8 Å². The third-order valence-electron chi connectivity index (χ3n) is 5.26. The molecule has 2 heterocycles. The minimum atomic E-state index is 0.812. The van der Waals surface area contributed by atoms with Gasteiger partial charge in [0.1, 0.15) is 5.82 Å². The van der Waals surface area contributed by atoms with Gasteiger partial charge in [-0.25, -0.2) is 4.98 Å². The Morgan fingerprint density at radius 1 is 0.960 bits per heavy atom. The molecule has 1 aliphatic heterocycles. The van der Waals surface area contributed by atoms with E-state index in [0.29, 0.717) is 0 Å². The molecule has 1 aliphatic carbocycles. The number of hydrogen-bond donors (Lipinski definition) is 1. The van der Waals surface area contributed by atoms with Crippen molar-refractivity contribution in [2.24, 2.45) is 0 Å². The third kappa shape index (κ3) is 3.76. The van der Waals surface area contributed by atoms with Crippen molar-refractivity contribution in [1.82, 2.24) is 14.9 Å². The fourth-order valence-electron chi connectivity index (χ4n) is 3.66. The summed E-state index contributed by atoms with van der Waals surface area (Å²) in [6.07, 6.45) is 4.66. The van der Waals surface area contributed by atoms with Crippen molar-refractivity contribution in [2.75, 3.05) is 43.4 Å². The molecular weight excluding hydrogens is 310 g/mol. The standard InChI is InChI=1S/C20H27N5/c1-24-11-13-25(14-12-24)20-22-18-10-6-5-9-17(18)19(23-20)21-15-16-7-3-2-4-8-16/h2-4,7-8H,5-6,9-15H2,1H3,(H,21,22,23). The maximum Gasteiger partial charge on any atom is 0.227 e. The van der Waals surface area contributed by atoms with Crippen LogP contribution in [0.3, 0.4) is 0 Å². The van der Waals surface area contributed by atoms with Crippen LogP contribution < -0.4 is 10.2 Å². The number of aromatic nitrogens is 2. The minimum absolute atomic E-state index is 0.812. The first-order chi connectivity index (χ1) is 12.3. The summed E-state index contributed by atoms with van der Waals surface area (Å²) in [7, 11) is 2.18. The van der Waals surface area contributed by atoms with Crippen LogP contribution in [0.2, 0.25) is 0 Å². The van der Waals surface area contributed by atoms with Crippen LogP contribution in [0.15, 0.2) is 30.3 Å². The van der Waals surface area contributed by atoms with Crippen LogP contribution in [0, 0.1) is 0 Å². The molecule has 5 heteroatoms. The van der Waals surface area contributed by atoms with Crippen LogP contribution in [0.25, 0.3) is 0 Å². The number of hydrogen-bond acceptors (Lipinski definition) is 5.